The summed E-state index contributed by atoms with van der Waals surface area (Å²) in [4.78, 5) is 12.8. The van der Waals surface area contributed by atoms with Gasteiger partial charge < -0.3 is 14.5 Å². The van der Waals surface area contributed by atoms with Crippen molar-refractivity contribution in [2.24, 2.45) is 0 Å². The van der Waals surface area contributed by atoms with Crippen molar-refractivity contribution in [3.05, 3.63) is 99.5 Å². The lowest BCUT2D eigenvalue weighted by atomic mass is 10.2. The Kier molecular flexibility index (Phi) is 6.51. The molecule has 0 aliphatic heterocycles. The molecule has 6 nitrogen and oxygen atoms in total. The molecule has 2 aromatic heterocycles. The predicted octanol–water partition coefficient (Wildman–Crippen LogP) is 6.07. The van der Waals surface area contributed by atoms with Crippen LogP contribution in [0.1, 0.15) is 38.8 Å². The van der Waals surface area contributed by atoms with Crippen molar-refractivity contribution in [2.45, 2.75) is 33.9 Å². The van der Waals surface area contributed by atoms with Crippen molar-refractivity contribution in [3.63, 3.8) is 0 Å². The predicted molar refractivity (Wildman–Crippen MR) is 124 cm³/mol. The van der Waals surface area contributed by atoms with E-state index in [1.165, 1.54) is 12.1 Å². The molecule has 33 heavy (non-hydrogen) atoms. The van der Waals surface area contributed by atoms with Gasteiger partial charge in [-0.3, -0.25) is 9.48 Å². The Balaban J connectivity index is 1.43. The summed E-state index contributed by atoms with van der Waals surface area (Å²) in [5.41, 5.74) is 3.89. The third-order valence-electron chi connectivity index (χ3n) is 5.27. The van der Waals surface area contributed by atoms with E-state index in [0.717, 1.165) is 16.8 Å². The Hall–Kier alpha value is -3.58. The van der Waals surface area contributed by atoms with Crippen LogP contribution < -0.4 is 10.1 Å². The second kappa shape index (κ2) is 9.50. The largest absolute Gasteiger partial charge is 0.484 e. The molecule has 8 heteroatoms. The van der Waals surface area contributed by atoms with Gasteiger partial charge in [-0.05, 0) is 62.2 Å². The van der Waals surface area contributed by atoms with Gasteiger partial charge in [0.25, 0.3) is 5.91 Å². The minimum absolute atomic E-state index is 0.144. The molecule has 1 N–H and O–H groups in total. The van der Waals surface area contributed by atoms with Crippen LogP contribution in [0.4, 0.5) is 10.1 Å². The molecule has 0 bridgehead atoms. The molecule has 2 aromatic carbocycles. The number of halogens is 2. The molecule has 4 aromatic rings. The lowest BCUT2D eigenvalue weighted by molar-refractivity contribution is 0.0992. The number of nitrogens with one attached hydrogen (secondary N) is 1. The van der Waals surface area contributed by atoms with E-state index in [4.69, 9.17) is 20.8 Å². The minimum atomic E-state index is -0.386. The number of ether oxygens (including phenoxy) is 1. The van der Waals surface area contributed by atoms with Gasteiger partial charge in [0.05, 0.1) is 28.6 Å². The number of hydrogen-bond donors (Lipinski definition) is 1. The molecule has 4 rings (SSSR count). The summed E-state index contributed by atoms with van der Waals surface area (Å²) in [6, 6.07) is 15.0. The SMILES string of the molecule is Cc1cccc(Cl)c1OCc1ccc(C(=O)Nc2c(C)nn(Cc3ccc(F)cc3)c2C)o1. The van der Waals surface area contributed by atoms with Gasteiger partial charge in [-0.1, -0.05) is 35.9 Å². The van der Waals surface area contributed by atoms with Gasteiger partial charge in [0.15, 0.2) is 5.76 Å². The van der Waals surface area contributed by atoms with Gasteiger partial charge in [0, 0.05) is 0 Å². The average Bonchev–Trinajstić information content (AvgIpc) is 3.35. The van der Waals surface area contributed by atoms with Crippen molar-refractivity contribution >= 4 is 23.2 Å². The zero-order valence-corrected chi connectivity index (χ0v) is 19.2. The molecule has 0 saturated heterocycles. The number of carbonyl (C=O) groups excluding carboxylic acids is 1. The van der Waals surface area contributed by atoms with Gasteiger partial charge in [-0.25, -0.2) is 4.39 Å². The van der Waals surface area contributed by atoms with E-state index in [1.807, 2.05) is 32.9 Å². The zero-order chi connectivity index (χ0) is 23.5. The van der Waals surface area contributed by atoms with Crippen molar-refractivity contribution in [3.8, 4) is 5.75 Å². The van der Waals surface area contributed by atoms with Crippen LogP contribution in [0.15, 0.2) is 59.0 Å². The quantitative estimate of drug-likeness (QED) is 0.358. The maximum Gasteiger partial charge on any atom is 0.291 e. The summed E-state index contributed by atoms with van der Waals surface area (Å²) in [7, 11) is 0. The lowest BCUT2D eigenvalue weighted by Crippen LogP contribution is -2.12. The van der Waals surface area contributed by atoms with Crippen LogP contribution >= 0.6 is 11.6 Å². The number of hydrogen-bond acceptors (Lipinski definition) is 4. The number of rotatable bonds is 7. The highest BCUT2D eigenvalue weighted by Crippen LogP contribution is 2.29. The topological polar surface area (TPSA) is 69.3 Å². The van der Waals surface area contributed by atoms with Crippen molar-refractivity contribution in [2.75, 3.05) is 5.32 Å². The van der Waals surface area contributed by atoms with E-state index >= 15 is 0 Å². The third kappa shape index (κ3) is 5.09. The maximum absolute atomic E-state index is 13.2. The molecule has 2 heterocycles. The molecule has 0 unspecified atom stereocenters. The Morgan fingerprint density at radius 1 is 1.12 bits per heavy atom. The first-order valence-corrected chi connectivity index (χ1v) is 10.8. The maximum atomic E-state index is 13.2. The molecular formula is C25H23ClFN3O3. The molecule has 170 valence electrons. The summed E-state index contributed by atoms with van der Waals surface area (Å²) in [6.07, 6.45) is 0. The smallest absolute Gasteiger partial charge is 0.291 e. The Morgan fingerprint density at radius 2 is 1.88 bits per heavy atom. The molecule has 0 radical (unpaired) electrons. The number of anilines is 1. The first kappa shape index (κ1) is 22.6. The number of furan rings is 1. The minimum Gasteiger partial charge on any atom is -0.484 e. The molecule has 0 aliphatic carbocycles. The van der Waals surface area contributed by atoms with Crippen LogP contribution in [-0.4, -0.2) is 15.7 Å². The zero-order valence-electron chi connectivity index (χ0n) is 18.5. The summed E-state index contributed by atoms with van der Waals surface area (Å²) in [5.74, 6) is 0.573. The number of para-hydroxylation sites is 1. The molecule has 0 fully saturated rings. The van der Waals surface area contributed by atoms with Crippen LogP contribution in [0.25, 0.3) is 0 Å². The second-order valence-corrected chi connectivity index (χ2v) is 8.13. The number of benzene rings is 2. The van der Waals surface area contributed by atoms with E-state index in [9.17, 15) is 9.18 Å². The summed E-state index contributed by atoms with van der Waals surface area (Å²) < 4.78 is 26.4. The fourth-order valence-electron chi connectivity index (χ4n) is 3.49. The van der Waals surface area contributed by atoms with Crippen molar-refractivity contribution in [1.29, 1.82) is 0 Å². The van der Waals surface area contributed by atoms with E-state index in [1.54, 1.807) is 35.0 Å². The monoisotopic (exact) mass is 467 g/mol. The fourth-order valence-corrected chi connectivity index (χ4v) is 3.77. The van der Waals surface area contributed by atoms with Crippen LogP contribution in [0.2, 0.25) is 5.02 Å². The van der Waals surface area contributed by atoms with Gasteiger partial charge in [-0.2, -0.15) is 5.10 Å². The van der Waals surface area contributed by atoms with E-state index in [-0.39, 0.29) is 24.1 Å². The second-order valence-electron chi connectivity index (χ2n) is 7.72. The van der Waals surface area contributed by atoms with E-state index < -0.39 is 0 Å². The van der Waals surface area contributed by atoms with Crippen molar-refractivity contribution < 1.29 is 18.3 Å². The van der Waals surface area contributed by atoms with E-state index in [0.29, 0.717) is 34.5 Å². The Bertz CT molecular complexity index is 1270. The number of nitrogens with zero attached hydrogens (tertiary/aromatic N) is 2. The molecule has 1 amide bonds. The Labute approximate surface area is 195 Å². The van der Waals surface area contributed by atoms with Gasteiger partial charge in [0.2, 0.25) is 0 Å². The van der Waals surface area contributed by atoms with E-state index in [2.05, 4.69) is 10.4 Å². The van der Waals surface area contributed by atoms with Gasteiger partial charge >= 0.3 is 0 Å². The molecule has 0 aliphatic rings. The van der Waals surface area contributed by atoms with Gasteiger partial charge in [0.1, 0.15) is 23.9 Å². The standard InChI is InChI=1S/C25H23ClFN3O3/c1-15-5-4-6-21(26)24(15)32-14-20-11-12-22(33-20)25(31)28-23-16(2)29-30(17(23)3)13-18-7-9-19(27)10-8-18/h4-12H,13-14H2,1-3H3,(H,28,31). The van der Waals surface area contributed by atoms with Crippen LogP contribution in [0, 0.1) is 26.6 Å². The van der Waals surface area contributed by atoms with Gasteiger partial charge in [-0.15, -0.1) is 0 Å². The molecule has 0 saturated carbocycles. The summed E-state index contributed by atoms with van der Waals surface area (Å²) >= 11 is 6.19. The Morgan fingerprint density at radius 3 is 2.61 bits per heavy atom. The van der Waals surface area contributed by atoms with Crippen molar-refractivity contribution in [1.82, 2.24) is 9.78 Å². The highest BCUT2D eigenvalue weighted by Gasteiger charge is 2.18. The highest BCUT2D eigenvalue weighted by atomic mass is 35.5. The highest BCUT2D eigenvalue weighted by molar-refractivity contribution is 6.32. The number of aryl methyl sites for hydroxylation is 2. The fraction of sp³-hybridized carbons (Fsp3) is 0.200. The summed E-state index contributed by atoms with van der Waals surface area (Å²) in [6.45, 7) is 6.20. The lowest BCUT2D eigenvalue weighted by Gasteiger charge is -2.09. The first-order valence-electron chi connectivity index (χ1n) is 10.4. The molecular weight excluding hydrogens is 445 g/mol. The third-order valence-corrected chi connectivity index (χ3v) is 5.57. The normalized spacial score (nSPS) is 10.9. The molecule has 0 spiro atoms. The van der Waals surface area contributed by atoms with Crippen LogP contribution in [-0.2, 0) is 13.2 Å². The number of carbonyl (C=O) groups is 1. The van der Waals surface area contributed by atoms with Crippen LogP contribution in [0.5, 0.6) is 5.75 Å². The van der Waals surface area contributed by atoms with Crippen LogP contribution in [0.3, 0.4) is 0 Å². The summed E-state index contributed by atoms with van der Waals surface area (Å²) in [5, 5.41) is 7.90. The average molecular weight is 468 g/mol. The number of amides is 1. The number of aromatic nitrogens is 2. The first-order chi connectivity index (χ1) is 15.8. The molecule has 0 atom stereocenters.